The molecule has 144 valence electrons. The number of urea groups is 1. The normalized spacial score (nSPS) is 14.7. The second-order valence-electron chi connectivity index (χ2n) is 6.36. The Hall–Kier alpha value is -2.44. The number of nitrogens with one attached hydrogen (secondary N) is 2. The molecule has 2 N–H and O–H groups in total. The number of carbonyl (C=O) groups excluding carboxylic acids is 1. The molecular formula is C20H25ClN4O2. The summed E-state index contributed by atoms with van der Waals surface area (Å²) in [5.41, 5.74) is 1.75. The van der Waals surface area contributed by atoms with Crippen LogP contribution in [0, 0.1) is 0 Å². The van der Waals surface area contributed by atoms with E-state index in [0.29, 0.717) is 17.3 Å². The highest BCUT2D eigenvalue weighted by Gasteiger charge is 2.19. The molecule has 0 radical (unpaired) electrons. The number of nitrogens with zero attached hydrogens (tertiary/aromatic N) is 2. The second kappa shape index (κ2) is 9.48. The lowest BCUT2D eigenvalue weighted by molar-refractivity contribution is 0.240. The third-order valence-electron chi connectivity index (χ3n) is 4.63. The Bertz CT molecular complexity index is 763. The number of para-hydroxylation sites is 3. The van der Waals surface area contributed by atoms with Crippen LogP contribution in [-0.4, -0.2) is 57.3 Å². The summed E-state index contributed by atoms with van der Waals surface area (Å²) in [4.78, 5) is 16.7. The van der Waals surface area contributed by atoms with E-state index in [1.807, 2.05) is 30.3 Å². The number of anilines is 2. The highest BCUT2D eigenvalue weighted by molar-refractivity contribution is 6.33. The molecule has 2 aromatic carbocycles. The molecule has 1 fully saturated rings. The summed E-state index contributed by atoms with van der Waals surface area (Å²) in [5, 5.41) is 6.18. The van der Waals surface area contributed by atoms with Crippen LogP contribution in [0.2, 0.25) is 5.02 Å². The molecule has 1 aliphatic heterocycles. The molecule has 0 aliphatic carbocycles. The first-order valence-corrected chi connectivity index (χ1v) is 9.45. The zero-order chi connectivity index (χ0) is 19.1. The maximum Gasteiger partial charge on any atom is 0.319 e. The quantitative estimate of drug-likeness (QED) is 0.797. The number of rotatable bonds is 6. The zero-order valence-corrected chi connectivity index (χ0v) is 16.2. The van der Waals surface area contributed by atoms with Crippen LogP contribution in [0.1, 0.15) is 0 Å². The van der Waals surface area contributed by atoms with Gasteiger partial charge in [-0.05, 0) is 24.3 Å². The first-order valence-electron chi connectivity index (χ1n) is 9.07. The Morgan fingerprint density at radius 3 is 2.52 bits per heavy atom. The molecule has 0 atom stereocenters. The van der Waals surface area contributed by atoms with E-state index in [1.54, 1.807) is 19.2 Å². The topological polar surface area (TPSA) is 56.8 Å². The van der Waals surface area contributed by atoms with Crippen LogP contribution in [0.15, 0.2) is 48.5 Å². The minimum Gasteiger partial charge on any atom is -0.495 e. The Morgan fingerprint density at radius 1 is 1.07 bits per heavy atom. The molecule has 1 heterocycles. The molecule has 2 aromatic rings. The van der Waals surface area contributed by atoms with Crippen molar-refractivity contribution in [1.29, 1.82) is 0 Å². The number of carbonyl (C=O) groups is 1. The Labute approximate surface area is 165 Å². The summed E-state index contributed by atoms with van der Waals surface area (Å²) in [6, 6.07) is 15.0. The highest BCUT2D eigenvalue weighted by atomic mass is 35.5. The van der Waals surface area contributed by atoms with Gasteiger partial charge < -0.3 is 20.3 Å². The van der Waals surface area contributed by atoms with Crippen LogP contribution >= 0.6 is 11.6 Å². The number of piperazine rings is 1. The van der Waals surface area contributed by atoms with Gasteiger partial charge in [0.05, 0.1) is 23.5 Å². The van der Waals surface area contributed by atoms with Gasteiger partial charge in [0.25, 0.3) is 0 Å². The fraction of sp³-hybridized carbons (Fsp3) is 0.350. The van der Waals surface area contributed by atoms with E-state index >= 15 is 0 Å². The van der Waals surface area contributed by atoms with Crippen molar-refractivity contribution in [3.63, 3.8) is 0 Å². The van der Waals surface area contributed by atoms with E-state index in [4.69, 9.17) is 16.3 Å². The lowest BCUT2D eigenvalue weighted by Crippen LogP contribution is -2.48. The molecule has 1 saturated heterocycles. The summed E-state index contributed by atoms with van der Waals surface area (Å²) < 4.78 is 5.45. The Morgan fingerprint density at radius 2 is 1.78 bits per heavy atom. The summed E-state index contributed by atoms with van der Waals surface area (Å²) >= 11 is 6.05. The van der Waals surface area contributed by atoms with Crippen LogP contribution in [-0.2, 0) is 0 Å². The molecule has 6 nitrogen and oxygen atoms in total. The van der Waals surface area contributed by atoms with Gasteiger partial charge in [-0.25, -0.2) is 4.79 Å². The van der Waals surface area contributed by atoms with Crippen molar-refractivity contribution in [2.75, 3.05) is 56.6 Å². The van der Waals surface area contributed by atoms with Crippen molar-refractivity contribution in [3.8, 4) is 5.75 Å². The van der Waals surface area contributed by atoms with Gasteiger partial charge in [0.1, 0.15) is 5.75 Å². The van der Waals surface area contributed by atoms with Crippen LogP contribution in [0.3, 0.4) is 0 Å². The fourth-order valence-electron chi connectivity index (χ4n) is 3.16. The molecule has 1 aliphatic rings. The number of halogens is 1. The van der Waals surface area contributed by atoms with Gasteiger partial charge in [-0.1, -0.05) is 35.9 Å². The molecule has 2 amide bonds. The molecule has 0 spiro atoms. The minimum absolute atomic E-state index is 0.240. The monoisotopic (exact) mass is 388 g/mol. The molecule has 27 heavy (non-hydrogen) atoms. The molecule has 0 bridgehead atoms. The highest BCUT2D eigenvalue weighted by Crippen LogP contribution is 2.28. The van der Waals surface area contributed by atoms with E-state index in [-0.39, 0.29) is 6.03 Å². The van der Waals surface area contributed by atoms with E-state index in [1.165, 1.54) is 0 Å². The zero-order valence-electron chi connectivity index (χ0n) is 15.5. The number of ether oxygens (including phenoxy) is 1. The number of hydrogen-bond acceptors (Lipinski definition) is 4. The van der Waals surface area contributed by atoms with Crippen molar-refractivity contribution in [2.24, 2.45) is 0 Å². The number of amides is 2. The first-order chi connectivity index (χ1) is 13.2. The fourth-order valence-corrected chi connectivity index (χ4v) is 3.34. The Balaban J connectivity index is 1.40. The summed E-state index contributed by atoms with van der Waals surface area (Å²) in [6.07, 6.45) is 0. The minimum atomic E-state index is -0.240. The van der Waals surface area contributed by atoms with Crippen LogP contribution in [0.4, 0.5) is 16.2 Å². The molecule has 7 heteroatoms. The summed E-state index contributed by atoms with van der Waals surface area (Å²) in [5.74, 6) is 0.906. The number of hydrogen-bond donors (Lipinski definition) is 2. The summed E-state index contributed by atoms with van der Waals surface area (Å²) in [7, 11) is 1.70. The van der Waals surface area contributed by atoms with Gasteiger partial charge in [-0.15, -0.1) is 0 Å². The lowest BCUT2D eigenvalue weighted by atomic mass is 10.2. The van der Waals surface area contributed by atoms with E-state index in [0.717, 1.165) is 44.2 Å². The molecule has 0 saturated carbocycles. The van der Waals surface area contributed by atoms with Crippen molar-refractivity contribution in [3.05, 3.63) is 53.6 Å². The maximum atomic E-state index is 12.0. The average Bonchev–Trinajstić information content (AvgIpc) is 2.70. The van der Waals surface area contributed by atoms with Gasteiger partial charge >= 0.3 is 6.03 Å². The van der Waals surface area contributed by atoms with Gasteiger partial charge in [0.2, 0.25) is 0 Å². The second-order valence-corrected chi connectivity index (χ2v) is 6.77. The van der Waals surface area contributed by atoms with Gasteiger partial charge in [0.15, 0.2) is 0 Å². The third kappa shape index (κ3) is 5.28. The van der Waals surface area contributed by atoms with Crippen LogP contribution < -0.4 is 20.3 Å². The lowest BCUT2D eigenvalue weighted by Gasteiger charge is -2.36. The predicted octanol–water partition coefficient (Wildman–Crippen LogP) is 3.29. The van der Waals surface area contributed by atoms with Crippen molar-refractivity contribution < 1.29 is 9.53 Å². The SMILES string of the molecule is COc1ccccc1N1CCN(CCNC(=O)Nc2ccccc2Cl)CC1. The van der Waals surface area contributed by atoms with Crippen molar-refractivity contribution >= 4 is 29.0 Å². The van der Waals surface area contributed by atoms with Gasteiger partial charge in [0, 0.05) is 39.3 Å². The largest absolute Gasteiger partial charge is 0.495 e. The summed E-state index contributed by atoms with van der Waals surface area (Å²) in [6.45, 7) is 5.18. The standard InChI is InChI=1S/C20H25ClN4O2/c1-27-19-9-5-4-8-18(19)25-14-12-24(13-15-25)11-10-22-20(26)23-17-7-3-2-6-16(17)21/h2-9H,10-15H2,1H3,(H2,22,23,26). The van der Waals surface area contributed by atoms with Crippen molar-refractivity contribution in [1.82, 2.24) is 10.2 Å². The van der Waals surface area contributed by atoms with E-state index in [9.17, 15) is 4.79 Å². The molecule has 0 aromatic heterocycles. The van der Waals surface area contributed by atoms with E-state index in [2.05, 4.69) is 26.5 Å². The van der Waals surface area contributed by atoms with Gasteiger partial charge in [-0.2, -0.15) is 0 Å². The molecule has 0 unspecified atom stereocenters. The first kappa shape index (κ1) is 19.3. The number of methoxy groups -OCH3 is 1. The smallest absolute Gasteiger partial charge is 0.319 e. The van der Waals surface area contributed by atoms with E-state index < -0.39 is 0 Å². The number of benzene rings is 2. The molecular weight excluding hydrogens is 364 g/mol. The van der Waals surface area contributed by atoms with Gasteiger partial charge in [-0.3, -0.25) is 4.90 Å². The average molecular weight is 389 g/mol. The Kier molecular flexibility index (Phi) is 6.79. The maximum absolute atomic E-state index is 12.0. The van der Waals surface area contributed by atoms with Crippen LogP contribution in [0.25, 0.3) is 0 Å². The third-order valence-corrected chi connectivity index (χ3v) is 4.96. The molecule has 3 rings (SSSR count). The van der Waals surface area contributed by atoms with Crippen molar-refractivity contribution in [2.45, 2.75) is 0 Å². The predicted molar refractivity (Wildman–Crippen MR) is 110 cm³/mol. The van der Waals surface area contributed by atoms with Crippen LogP contribution in [0.5, 0.6) is 5.75 Å².